The van der Waals surface area contributed by atoms with Gasteiger partial charge in [-0.3, -0.25) is 4.79 Å². The van der Waals surface area contributed by atoms with Crippen molar-refractivity contribution >= 4 is 5.91 Å². The largest absolute Gasteiger partial charge is 0.337 e. The summed E-state index contributed by atoms with van der Waals surface area (Å²) in [5.74, 6) is 1.34. The van der Waals surface area contributed by atoms with Crippen molar-refractivity contribution in [1.29, 1.82) is 5.26 Å². The average Bonchev–Trinajstić information content (AvgIpc) is 2.28. The number of nitriles is 1. The van der Waals surface area contributed by atoms with E-state index in [2.05, 4.69) is 25.2 Å². The first-order valence-corrected chi connectivity index (χ1v) is 6.94. The summed E-state index contributed by atoms with van der Waals surface area (Å²) in [4.78, 5) is 12.1. The quantitative estimate of drug-likeness (QED) is 0.818. The molecule has 0 aromatic rings. The Labute approximate surface area is 111 Å². The van der Waals surface area contributed by atoms with Crippen LogP contribution in [-0.4, -0.2) is 11.4 Å². The Kier molecular flexibility index (Phi) is 4.42. The van der Waals surface area contributed by atoms with Crippen molar-refractivity contribution in [3.8, 4) is 6.07 Å². The molecular formula is C15H26N2O. The minimum absolute atomic E-state index is 0.0213. The summed E-state index contributed by atoms with van der Waals surface area (Å²) in [7, 11) is 0. The molecule has 1 rings (SSSR count). The van der Waals surface area contributed by atoms with Crippen LogP contribution >= 0.6 is 0 Å². The summed E-state index contributed by atoms with van der Waals surface area (Å²) < 4.78 is 0. The van der Waals surface area contributed by atoms with E-state index in [4.69, 9.17) is 0 Å². The smallest absolute Gasteiger partial charge is 0.226 e. The Morgan fingerprint density at radius 1 is 1.33 bits per heavy atom. The van der Waals surface area contributed by atoms with Gasteiger partial charge in [0, 0.05) is 5.41 Å². The van der Waals surface area contributed by atoms with E-state index in [9.17, 15) is 10.1 Å². The van der Waals surface area contributed by atoms with Crippen LogP contribution in [-0.2, 0) is 4.79 Å². The fourth-order valence-corrected chi connectivity index (χ4v) is 2.47. The molecule has 1 aliphatic carbocycles. The van der Waals surface area contributed by atoms with E-state index in [0.29, 0.717) is 11.8 Å². The zero-order valence-corrected chi connectivity index (χ0v) is 12.3. The molecule has 1 fully saturated rings. The summed E-state index contributed by atoms with van der Waals surface area (Å²) in [5.41, 5.74) is -1.06. The normalized spacial score (nSPS) is 28.8. The van der Waals surface area contributed by atoms with Gasteiger partial charge in [0.1, 0.15) is 5.54 Å². The number of amides is 1. The highest BCUT2D eigenvalue weighted by atomic mass is 16.2. The lowest BCUT2D eigenvalue weighted by Gasteiger charge is -2.38. The highest BCUT2D eigenvalue weighted by molar-refractivity contribution is 5.82. The third-order valence-corrected chi connectivity index (χ3v) is 4.07. The number of nitrogens with zero attached hydrogens (tertiary/aromatic N) is 1. The van der Waals surface area contributed by atoms with Gasteiger partial charge < -0.3 is 5.32 Å². The molecule has 3 nitrogen and oxygen atoms in total. The van der Waals surface area contributed by atoms with Crippen LogP contribution in [0.15, 0.2) is 0 Å². The Hall–Kier alpha value is -1.04. The van der Waals surface area contributed by atoms with Gasteiger partial charge in [0.2, 0.25) is 5.91 Å². The van der Waals surface area contributed by atoms with E-state index in [1.165, 1.54) is 0 Å². The average molecular weight is 250 g/mol. The first-order chi connectivity index (χ1) is 8.20. The monoisotopic (exact) mass is 250 g/mol. The van der Waals surface area contributed by atoms with Crippen LogP contribution in [0.1, 0.15) is 60.3 Å². The number of rotatable bonds is 2. The van der Waals surface area contributed by atoms with Gasteiger partial charge in [-0.25, -0.2) is 0 Å². The number of nitrogens with one attached hydrogen (secondary N) is 1. The lowest BCUT2D eigenvalue weighted by Crippen LogP contribution is -2.53. The lowest BCUT2D eigenvalue weighted by molar-refractivity contribution is -0.130. The van der Waals surface area contributed by atoms with E-state index in [0.717, 1.165) is 25.7 Å². The molecule has 1 amide bonds. The summed E-state index contributed by atoms with van der Waals surface area (Å²) >= 11 is 0. The van der Waals surface area contributed by atoms with Crippen molar-refractivity contribution in [1.82, 2.24) is 5.32 Å². The van der Waals surface area contributed by atoms with Crippen molar-refractivity contribution in [2.24, 2.45) is 17.3 Å². The first kappa shape index (κ1) is 15.0. The molecule has 0 bridgehead atoms. The predicted molar refractivity (Wildman–Crippen MR) is 72.7 cm³/mol. The van der Waals surface area contributed by atoms with Crippen LogP contribution in [0.4, 0.5) is 0 Å². The van der Waals surface area contributed by atoms with Gasteiger partial charge in [0.05, 0.1) is 6.07 Å². The second-order valence-corrected chi connectivity index (χ2v) is 6.98. The third-order valence-electron chi connectivity index (χ3n) is 4.07. The Morgan fingerprint density at radius 3 is 2.17 bits per heavy atom. The van der Waals surface area contributed by atoms with E-state index in [1.54, 1.807) is 0 Å². The van der Waals surface area contributed by atoms with Crippen molar-refractivity contribution in [2.45, 2.75) is 65.8 Å². The van der Waals surface area contributed by atoms with Crippen LogP contribution < -0.4 is 5.32 Å². The van der Waals surface area contributed by atoms with Crippen LogP contribution in [0.2, 0.25) is 0 Å². The molecule has 0 spiro atoms. The molecule has 1 saturated carbocycles. The summed E-state index contributed by atoms with van der Waals surface area (Å²) in [6.45, 7) is 10.1. The molecule has 18 heavy (non-hydrogen) atoms. The number of carbonyl (C=O) groups excluding carboxylic acids is 1. The van der Waals surface area contributed by atoms with Gasteiger partial charge in [0.15, 0.2) is 0 Å². The maximum Gasteiger partial charge on any atom is 0.226 e. The minimum Gasteiger partial charge on any atom is -0.337 e. The second kappa shape index (κ2) is 5.30. The molecule has 0 aromatic heterocycles. The highest BCUT2D eigenvalue weighted by Gasteiger charge is 2.39. The number of hydrogen-bond donors (Lipinski definition) is 1. The van der Waals surface area contributed by atoms with Gasteiger partial charge >= 0.3 is 0 Å². The highest BCUT2D eigenvalue weighted by Crippen LogP contribution is 2.36. The summed E-state index contributed by atoms with van der Waals surface area (Å²) in [6.07, 6.45) is 3.65. The molecule has 3 heteroatoms. The van der Waals surface area contributed by atoms with Crippen molar-refractivity contribution < 1.29 is 4.79 Å². The fraction of sp³-hybridized carbons (Fsp3) is 0.867. The van der Waals surface area contributed by atoms with Crippen LogP contribution in [0.5, 0.6) is 0 Å². The Morgan fingerprint density at radius 2 is 1.83 bits per heavy atom. The zero-order chi connectivity index (χ0) is 14.0. The molecule has 0 aliphatic heterocycles. The molecular weight excluding hydrogens is 224 g/mol. The van der Waals surface area contributed by atoms with E-state index >= 15 is 0 Å². The third kappa shape index (κ3) is 3.48. The standard InChI is InChI=1S/C15H26N2O/c1-11(2)12-6-8-15(10-16,9-7-12)17-13(18)14(3,4)5/h11-12H,6-9H2,1-5H3,(H,17,18)/t12-,15+. The molecule has 0 saturated heterocycles. The summed E-state index contributed by atoms with van der Waals surface area (Å²) in [5, 5.41) is 12.4. The van der Waals surface area contributed by atoms with E-state index in [-0.39, 0.29) is 5.91 Å². The van der Waals surface area contributed by atoms with Crippen molar-refractivity contribution in [3.63, 3.8) is 0 Å². The molecule has 0 radical (unpaired) electrons. The van der Waals surface area contributed by atoms with Gasteiger partial charge in [-0.05, 0) is 37.5 Å². The van der Waals surface area contributed by atoms with Crippen molar-refractivity contribution in [2.75, 3.05) is 0 Å². The van der Waals surface area contributed by atoms with E-state index in [1.807, 2.05) is 20.8 Å². The van der Waals surface area contributed by atoms with Gasteiger partial charge in [-0.1, -0.05) is 34.6 Å². The molecule has 0 unspecified atom stereocenters. The first-order valence-electron chi connectivity index (χ1n) is 6.94. The molecule has 102 valence electrons. The maximum absolute atomic E-state index is 12.1. The van der Waals surface area contributed by atoms with Crippen molar-refractivity contribution in [3.05, 3.63) is 0 Å². The zero-order valence-electron chi connectivity index (χ0n) is 12.3. The van der Waals surface area contributed by atoms with Crippen LogP contribution in [0, 0.1) is 28.6 Å². The van der Waals surface area contributed by atoms with E-state index < -0.39 is 11.0 Å². The molecule has 1 aliphatic rings. The molecule has 0 aromatic carbocycles. The predicted octanol–water partition coefficient (Wildman–Crippen LogP) is 3.26. The summed E-state index contributed by atoms with van der Waals surface area (Å²) in [6, 6.07) is 2.35. The van der Waals surface area contributed by atoms with Crippen LogP contribution in [0.3, 0.4) is 0 Å². The Bertz CT molecular complexity index is 338. The van der Waals surface area contributed by atoms with Gasteiger partial charge in [-0.2, -0.15) is 5.26 Å². The molecule has 1 N–H and O–H groups in total. The number of carbonyl (C=O) groups is 1. The molecule has 0 heterocycles. The topological polar surface area (TPSA) is 52.9 Å². The second-order valence-electron chi connectivity index (χ2n) is 6.98. The SMILES string of the molecule is CC(C)[C@H]1CC[C@@](C#N)(NC(=O)C(C)(C)C)CC1. The minimum atomic E-state index is -0.629. The van der Waals surface area contributed by atoms with Gasteiger partial charge in [-0.15, -0.1) is 0 Å². The molecule has 0 atom stereocenters. The fourth-order valence-electron chi connectivity index (χ4n) is 2.47. The maximum atomic E-state index is 12.1. The Balaban J connectivity index is 2.68. The lowest BCUT2D eigenvalue weighted by atomic mass is 9.73. The number of hydrogen-bond acceptors (Lipinski definition) is 2. The van der Waals surface area contributed by atoms with Crippen LogP contribution in [0.25, 0.3) is 0 Å². The van der Waals surface area contributed by atoms with Gasteiger partial charge in [0.25, 0.3) is 0 Å².